The summed E-state index contributed by atoms with van der Waals surface area (Å²) in [5.41, 5.74) is 2.84. The van der Waals surface area contributed by atoms with Gasteiger partial charge in [-0.05, 0) is 45.8 Å². The summed E-state index contributed by atoms with van der Waals surface area (Å²) in [6.45, 7) is 0.512. The molecule has 0 amide bonds. The van der Waals surface area contributed by atoms with Crippen LogP contribution in [0.1, 0.15) is 5.56 Å². The van der Waals surface area contributed by atoms with Gasteiger partial charge in [0.15, 0.2) is 11.5 Å². The lowest BCUT2D eigenvalue weighted by molar-refractivity contribution is 0.307. The van der Waals surface area contributed by atoms with Crippen LogP contribution in [0.3, 0.4) is 0 Å². The highest BCUT2D eigenvalue weighted by molar-refractivity contribution is 9.10. The Morgan fingerprint density at radius 2 is 1.67 bits per heavy atom. The van der Waals surface area contributed by atoms with Crippen LogP contribution in [0.25, 0.3) is 17.0 Å². The molecule has 0 spiro atoms. The first-order valence-corrected chi connectivity index (χ1v) is 8.37. The summed E-state index contributed by atoms with van der Waals surface area (Å²) in [6, 6.07) is 21.9. The Kier molecular flexibility index (Phi) is 4.01. The maximum absolute atomic E-state index is 6.03. The highest BCUT2D eigenvalue weighted by Gasteiger charge is 2.13. The second kappa shape index (κ2) is 6.45. The first-order valence-electron chi connectivity index (χ1n) is 7.58. The van der Waals surface area contributed by atoms with Gasteiger partial charge >= 0.3 is 0 Å². The fraction of sp³-hybridized carbons (Fsp3) is 0.0526. The Bertz CT molecular complexity index is 982. The van der Waals surface area contributed by atoms with Crippen molar-refractivity contribution in [3.8, 4) is 17.1 Å². The fourth-order valence-electron chi connectivity index (χ4n) is 2.56. The Labute approximate surface area is 147 Å². The number of halogens is 1. The molecule has 0 unspecified atom stereocenters. The number of hydrogen-bond acceptors (Lipinski definition) is 3. The van der Waals surface area contributed by atoms with Gasteiger partial charge in [-0.2, -0.15) is 0 Å². The predicted molar refractivity (Wildman–Crippen MR) is 96.9 cm³/mol. The minimum absolute atomic E-state index is 0.512. The minimum Gasteiger partial charge on any atom is -0.488 e. The summed E-state index contributed by atoms with van der Waals surface area (Å²) < 4.78 is 8.96. The second-order valence-electron chi connectivity index (χ2n) is 5.37. The van der Waals surface area contributed by atoms with Gasteiger partial charge in [-0.25, -0.2) is 0 Å². The van der Waals surface area contributed by atoms with Crippen molar-refractivity contribution < 1.29 is 4.74 Å². The van der Waals surface area contributed by atoms with E-state index < -0.39 is 0 Å². The highest BCUT2D eigenvalue weighted by Crippen LogP contribution is 2.30. The number of rotatable bonds is 4. The molecule has 2 aromatic carbocycles. The largest absolute Gasteiger partial charge is 0.488 e. The summed E-state index contributed by atoms with van der Waals surface area (Å²) in [6.07, 6.45) is 1.96. The Morgan fingerprint density at radius 1 is 0.875 bits per heavy atom. The number of fused-ring (bicyclic) bond motifs is 1. The topological polar surface area (TPSA) is 39.4 Å². The first kappa shape index (κ1) is 14.9. The SMILES string of the molecule is Brc1ccc2nnc(-c3ccccc3OCc3ccccc3)n2c1. The minimum atomic E-state index is 0.512. The normalized spacial score (nSPS) is 10.9. The molecular weight excluding hydrogens is 366 g/mol. The van der Waals surface area contributed by atoms with Gasteiger partial charge in [0, 0.05) is 10.7 Å². The van der Waals surface area contributed by atoms with Gasteiger partial charge in [0.25, 0.3) is 0 Å². The van der Waals surface area contributed by atoms with E-state index >= 15 is 0 Å². The van der Waals surface area contributed by atoms with E-state index in [2.05, 4.69) is 26.1 Å². The Hall–Kier alpha value is -2.66. The van der Waals surface area contributed by atoms with Crippen molar-refractivity contribution in [2.75, 3.05) is 0 Å². The average Bonchev–Trinajstić information content (AvgIpc) is 3.04. The van der Waals surface area contributed by atoms with Crippen molar-refractivity contribution >= 4 is 21.6 Å². The monoisotopic (exact) mass is 379 g/mol. The standard InChI is InChI=1S/C19H14BrN3O/c20-15-10-11-18-21-22-19(23(18)12-15)16-8-4-5-9-17(16)24-13-14-6-2-1-3-7-14/h1-12H,13H2. The lowest BCUT2D eigenvalue weighted by Gasteiger charge is -2.10. The van der Waals surface area contributed by atoms with Gasteiger partial charge in [0.05, 0.1) is 5.56 Å². The van der Waals surface area contributed by atoms with Crippen LogP contribution >= 0.6 is 15.9 Å². The molecule has 24 heavy (non-hydrogen) atoms. The van der Waals surface area contributed by atoms with E-state index in [-0.39, 0.29) is 0 Å². The third-order valence-electron chi connectivity index (χ3n) is 3.73. The molecule has 0 aliphatic rings. The van der Waals surface area contributed by atoms with Gasteiger partial charge in [-0.15, -0.1) is 10.2 Å². The molecule has 2 heterocycles. The number of aromatic nitrogens is 3. The number of para-hydroxylation sites is 1. The highest BCUT2D eigenvalue weighted by atomic mass is 79.9. The molecular formula is C19H14BrN3O. The van der Waals surface area contributed by atoms with Gasteiger partial charge in [-0.1, -0.05) is 42.5 Å². The lowest BCUT2D eigenvalue weighted by Crippen LogP contribution is -1.98. The smallest absolute Gasteiger partial charge is 0.172 e. The third-order valence-corrected chi connectivity index (χ3v) is 4.20. The quantitative estimate of drug-likeness (QED) is 0.514. The third kappa shape index (κ3) is 2.90. The average molecular weight is 380 g/mol. The summed E-state index contributed by atoms with van der Waals surface area (Å²) in [4.78, 5) is 0. The van der Waals surface area contributed by atoms with Crippen molar-refractivity contribution in [1.29, 1.82) is 0 Å². The predicted octanol–water partition coefficient (Wildman–Crippen LogP) is 4.74. The molecule has 0 atom stereocenters. The summed E-state index contributed by atoms with van der Waals surface area (Å²) in [5, 5.41) is 8.57. The van der Waals surface area contributed by atoms with Crippen molar-refractivity contribution in [3.63, 3.8) is 0 Å². The molecule has 0 bridgehead atoms. The van der Waals surface area contributed by atoms with Gasteiger partial charge in [0.2, 0.25) is 0 Å². The van der Waals surface area contributed by atoms with Crippen LogP contribution in [0.2, 0.25) is 0 Å². The summed E-state index contributed by atoms with van der Waals surface area (Å²) in [7, 11) is 0. The van der Waals surface area contributed by atoms with Crippen molar-refractivity contribution in [2.45, 2.75) is 6.61 Å². The number of benzene rings is 2. The Balaban J connectivity index is 1.71. The molecule has 2 aromatic heterocycles. The van der Waals surface area contributed by atoms with E-state index in [0.29, 0.717) is 6.61 Å². The number of ether oxygens (including phenoxy) is 1. The number of pyridine rings is 1. The maximum atomic E-state index is 6.03. The number of hydrogen-bond donors (Lipinski definition) is 0. The van der Waals surface area contributed by atoms with Crippen LogP contribution in [0.5, 0.6) is 5.75 Å². The van der Waals surface area contributed by atoms with E-state index in [1.165, 1.54) is 0 Å². The van der Waals surface area contributed by atoms with Crippen LogP contribution in [-0.2, 0) is 6.61 Å². The van der Waals surface area contributed by atoms with E-state index in [0.717, 1.165) is 32.8 Å². The molecule has 0 saturated heterocycles. The fourth-order valence-corrected chi connectivity index (χ4v) is 2.90. The van der Waals surface area contributed by atoms with Crippen molar-refractivity contribution in [1.82, 2.24) is 14.6 Å². The molecule has 0 fully saturated rings. The van der Waals surface area contributed by atoms with Crippen LogP contribution in [0, 0.1) is 0 Å². The molecule has 118 valence electrons. The van der Waals surface area contributed by atoms with Gasteiger partial charge in [0.1, 0.15) is 12.4 Å². The van der Waals surface area contributed by atoms with Crippen LogP contribution in [-0.4, -0.2) is 14.6 Å². The Morgan fingerprint density at radius 3 is 2.54 bits per heavy atom. The molecule has 0 aliphatic carbocycles. The molecule has 5 heteroatoms. The lowest BCUT2D eigenvalue weighted by atomic mass is 10.2. The van der Waals surface area contributed by atoms with E-state index in [1.807, 2.05) is 77.3 Å². The summed E-state index contributed by atoms with van der Waals surface area (Å²) >= 11 is 3.50. The molecule has 0 radical (unpaired) electrons. The molecule has 4 aromatic rings. The van der Waals surface area contributed by atoms with Crippen LogP contribution in [0.4, 0.5) is 0 Å². The summed E-state index contributed by atoms with van der Waals surface area (Å²) in [5.74, 6) is 1.55. The zero-order valence-corrected chi connectivity index (χ0v) is 14.3. The van der Waals surface area contributed by atoms with E-state index in [1.54, 1.807) is 0 Å². The number of nitrogens with zero attached hydrogens (tertiary/aromatic N) is 3. The molecule has 0 saturated carbocycles. The zero-order chi connectivity index (χ0) is 16.4. The van der Waals surface area contributed by atoms with Crippen molar-refractivity contribution in [2.24, 2.45) is 0 Å². The van der Waals surface area contributed by atoms with Crippen LogP contribution in [0.15, 0.2) is 77.4 Å². The van der Waals surface area contributed by atoms with Crippen molar-refractivity contribution in [3.05, 3.63) is 83.0 Å². The van der Waals surface area contributed by atoms with E-state index in [9.17, 15) is 0 Å². The molecule has 0 aliphatic heterocycles. The zero-order valence-electron chi connectivity index (χ0n) is 12.8. The van der Waals surface area contributed by atoms with E-state index in [4.69, 9.17) is 4.74 Å². The van der Waals surface area contributed by atoms with Gasteiger partial charge < -0.3 is 4.74 Å². The molecule has 4 nitrogen and oxygen atoms in total. The first-order chi connectivity index (χ1) is 11.8. The molecule has 4 rings (SSSR count). The van der Waals surface area contributed by atoms with Gasteiger partial charge in [-0.3, -0.25) is 4.40 Å². The molecule has 0 N–H and O–H groups in total. The van der Waals surface area contributed by atoms with Crippen LogP contribution < -0.4 is 4.74 Å². The second-order valence-corrected chi connectivity index (χ2v) is 6.29. The maximum Gasteiger partial charge on any atom is 0.172 e.